The smallest absolute Gasteiger partial charge is 0.223 e. The molecule has 1 aromatic carbocycles. The van der Waals surface area contributed by atoms with Gasteiger partial charge < -0.3 is 10.1 Å². The molecule has 0 radical (unpaired) electrons. The SMILES string of the molecule is O=C1CC2(CCOc3ccccc32)N1. The first-order valence-electron chi connectivity index (χ1n) is 4.83. The highest BCUT2D eigenvalue weighted by atomic mass is 16.5. The standard InChI is InChI=1S/C11H11NO2/c13-10-7-11(12-10)5-6-14-9-4-2-1-3-8(9)11/h1-4H,5-7H2,(H,12,13). The molecule has 2 aliphatic heterocycles. The zero-order valence-electron chi connectivity index (χ0n) is 7.75. The molecule has 1 amide bonds. The van der Waals surface area contributed by atoms with Crippen molar-refractivity contribution < 1.29 is 9.53 Å². The van der Waals surface area contributed by atoms with Gasteiger partial charge in [0.15, 0.2) is 0 Å². The van der Waals surface area contributed by atoms with E-state index in [1.165, 1.54) is 0 Å². The first-order chi connectivity index (χ1) is 6.80. The molecule has 1 aromatic rings. The molecule has 14 heavy (non-hydrogen) atoms. The van der Waals surface area contributed by atoms with Crippen molar-refractivity contribution in [3.63, 3.8) is 0 Å². The molecule has 0 aromatic heterocycles. The van der Waals surface area contributed by atoms with Crippen LogP contribution in [0.2, 0.25) is 0 Å². The minimum Gasteiger partial charge on any atom is -0.493 e. The van der Waals surface area contributed by atoms with Crippen molar-refractivity contribution in [3.8, 4) is 5.75 Å². The number of para-hydroxylation sites is 1. The van der Waals surface area contributed by atoms with Crippen LogP contribution in [0.1, 0.15) is 18.4 Å². The highest BCUT2D eigenvalue weighted by Gasteiger charge is 2.47. The van der Waals surface area contributed by atoms with Crippen molar-refractivity contribution >= 4 is 5.91 Å². The highest BCUT2D eigenvalue weighted by molar-refractivity contribution is 5.86. The summed E-state index contributed by atoms with van der Waals surface area (Å²) in [5.41, 5.74) is 1.01. The third-order valence-electron chi connectivity index (χ3n) is 3.03. The number of rotatable bonds is 0. The molecular formula is C11H11NO2. The molecule has 72 valence electrons. The number of benzene rings is 1. The first-order valence-corrected chi connectivity index (χ1v) is 4.83. The Bertz CT molecular complexity index is 392. The van der Waals surface area contributed by atoms with E-state index in [0.29, 0.717) is 13.0 Å². The van der Waals surface area contributed by atoms with Gasteiger partial charge in [0.25, 0.3) is 0 Å². The second-order valence-corrected chi connectivity index (χ2v) is 3.90. The topological polar surface area (TPSA) is 38.3 Å². The Hall–Kier alpha value is -1.51. The lowest BCUT2D eigenvalue weighted by atomic mass is 9.76. The van der Waals surface area contributed by atoms with Crippen molar-refractivity contribution in [2.45, 2.75) is 18.4 Å². The molecule has 0 saturated carbocycles. The Labute approximate surface area is 82.1 Å². The van der Waals surface area contributed by atoms with Gasteiger partial charge in [-0.05, 0) is 6.07 Å². The number of β-lactam (4-membered cyclic amide) rings is 1. The number of ether oxygens (including phenoxy) is 1. The minimum absolute atomic E-state index is 0.119. The Balaban J connectivity index is 2.07. The minimum atomic E-state index is -0.119. The zero-order valence-corrected chi connectivity index (χ0v) is 7.75. The maximum absolute atomic E-state index is 11.0. The van der Waals surface area contributed by atoms with E-state index >= 15 is 0 Å². The summed E-state index contributed by atoms with van der Waals surface area (Å²) < 4.78 is 5.54. The van der Waals surface area contributed by atoms with E-state index < -0.39 is 0 Å². The molecule has 0 bridgehead atoms. The molecule has 2 heterocycles. The van der Waals surface area contributed by atoms with E-state index in [9.17, 15) is 4.79 Å². The Morgan fingerprint density at radius 1 is 1.36 bits per heavy atom. The molecule has 1 atom stereocenters. The zero-order chi connectivity index (χ0) is 9.60. The molecule has 3 heteroatoms. The number of carbonyl (C=O) groups excluding carboxylic acids is 1. The van der Waals surface area contributed by atoms with Crippen LogP contribution in [0, 0.1) is 0 Å². The summed E-state index contributed by atoms with van der Waals surface area (Å²) >= 11 is 0. The molecule has 1 fully saturated rings. The van der Waals surface area contributed by atoms with Crippen LogP contribution in [0.4, 0.5) is 0 Å². The average molecular weight is 189 g/mol. The second kappa shape index (κ2) is 2.50. The van der Waals surface area contributed by atoms with E-state index in [4.69, 9.17) is 4.74 Å². The lowest BCUT2D eigenvalue weighted by molar-refractivity contribution is -0.134. The largest absolute Gasteiger partial charge is 0.493 e. The van der Waals surface area contributed by atoms with Crippen LogP contribution in [0.3, 0.4) is 0 Å². The fraction of sp³-hybridized carbons (Fsp3) is 0.364. The quantitative estimate of drug-likeness (QED) is 0.622. The number of hydrogen-bond donors (Lipinski definition) is 1. The molecule has 1 spiro atoms. The van der Waals surface area contributed by atoms with Gasteiger partial charge in [-0.3, -0.25) is 4.79 Å². The van der Waals surface area contributed by atoms with Crippen LogP contribution < -0.4 is 10.1 Å². The normalized spacial score (nSPS) is 28.7. The van der Waals surface area contributed by atoms with E-state index in [0.717, 1.165) is 17.7 Å². The van der Waals surface area contributed by atoms with Gasteiger partial charge in [-0.1, -0.05) is 18.2 Å². The summed E-state index contributed by atoms with van der Waals surface area (Å²) in [4.78, 5) is 11.0. The molecule has 1 unspecified atom stereocenters. The number of carbonyl (C=O) groups is 1. The van der Waals surface area contributed by atoms with E-state index in [1.807, 2.05) is 24.3 Å². The van der Waals surface area contributed by atoms with Gasteiger partial charge in [0.1, 0.15) is 5.75 Å². The summed E-state index contributed by atoms with van der Waals surface area (Å²) in [6, 6.07) is 7.94. The summed E-state index contributed by atoms with van der Waals surface area (Å²) in [5.74, 6) is 1.06. The van der Waals surface area contributed by atoms with Crippen molar-refractivity contribution in [3.05, 3.63) is 29.8 Å². The first kappa shape index (κ1) is 7.85. The van der Waals surface area contributed by atoms with Crippen LogP contribution in [0.5, 0.6) is 5.75 Å². The Kier molecular flexibility index (Phi) is 1.40. The van der Waals surface area contributed by atoms with Gasteiger partial charge in [-0.2, -0.15) is 0 Å². The maximum atomic E-state index is 11.0. The Morgan fingerprint density at radius 2 is 2.14 bits per heavy atom. The fourth-order valence-corrected chi connectivity index (χ4v) is 2.29. The maximum Gasteiger partial charge on any atom is 0.223 e. The van der Waals surface area contributed by atoms with Gasteiger partial charge in [0.05, 0.1) is 18.6 Å². The molecular weight excluding hydrogens is 178 g/mol. The van der Waals surface area contributed by atoms with E-state index in [-0.39, 0.29) is 11.4 Å². The third kappa shape index (κ3) is 0.895. The lowest BCUT2D eigenvalue weighted by Crippen LogP contribution is -2.60. The van der Waals surface area contributed by atoms with Crippen LogP contribution in [-0.2, 0) is 10.3 Å². The van der Waals surface area contributed by atoms with Gasteiger partial charge in [0.2, 0.25) is 5.91 Å². The van der Waals surface area contributed by atoms with Gasteiger partial charge in [0, 0.05) is 12.0 Å². The molecule has 1 saturated heterocycles. The molecule has 0 aliphatic carbocycles. The van der Waals surface area contributed by atoms with Crippen LogP contribution >= 0.6 is 0 Å². The van der Waals surface area contributed by atoms with Crippen LogP contribution in [0.15, 0.2) is 24.3 Å². The predicted octanol–water partition coefficient (Wildman–Crippen LogP) is 1.18. The summed E-state index contributed by atoms with van der Waals surface area (Å²) in [5, 5.41) is 3.00. The molecule has 3 nitrogen and oxygen atoms in total. The van der Waals surface area contributed by atoms with Crippen molar-refractivity contribution in [2.24, 2.45) is 0 Å². The third-order valence-corrected chi connectivity index (χ3v) is 3.03. The molecule has 2 aliphatic rings. The number of hydrogen-bond acceptors (Lipinski definition) is 2. The summed E-state index contributed by atoms with van der Waals surface area (Å²) in [6.07, 6.45) is 1.49. The average Bonchev–Trinajstić information content (AvgIpc) is 2.16. The van der Waals surface area contributed by atoms with E-state index in [2.05, 4.69) is 5.32 Å². The lowest BCUT2D eigenvalue weighted by Gasteiger charge is -2.45. The molecule has 3 rings (SSSR count). The van der Waals surface area contributed by atoms with Crippen molar-refractivity contribution in [1.82, 2.24) is 5.32 Å². The molecule has 1 N–H and O–H groups in total. The number of fused-ring (bicyclic) bond motifs is 2. The highest BCUT2D eigenvalue weighted by Crippen LogP contribution is 2.43. The van der Waals surface area contributed by atoms with Crippen LogP contribution in [-0.4, -0.2) is 12.5 Å². The monoisotopic (exact) mass is 189 g/mol. The second-order valence-electron chi connectivity index (χ2n) is 3.90. The van der Waals surface area contributed by atoms with Gasteiger partial charge >= 0.3 is 0 Å². The number of nitrogens with one attached hydrogen (secondary N) is 1. The Morgan fingerprint density at radius 3 is 2.93 bits per heavy atom. The summed E-state index contributed by atoms with van der Waals surface area (Å²) in [7, 11) is 0. The fourth-order valence-electron chi connectivity index (χ4n) is 2.29. The summed E-state index contributed by atoms with van der Waals surface area (Å²) in [6.45, 7) is 0.692. The van der Waals surface area contributed by atoms with Crippen molar-refractivity contribution in [2.75, 3.05) is 6.61 Å². The number of amides is 1. The predicted molar refractivity (Wildman–Crippen MR) is 51.0 cm³/mol. The van der Waals surface area contributed by atoms with Gasteiger partial charge in [-0.15, -0.1) is 0 Å². The van der Waals surface area contributed by atoms with Gasteiger partial charge in [-0.25, -0.2) is 0 Å². The van der Waals surface area contributed by atoms with Crippen molar-refractivity contribution in [1.29, 1.82) is 0 Å². The van der Waals surface area contributed by atoms with E-state index in [1.54, 1.807) is 0 Å². The van der Waals surface area contributed by atoms with Crippen LogP contribution in [0.25, 0.3) is 0 Å².